The molecule has 4 nitrogen and oxygen atoms in total. The Hall–Kier alpha value is -2.04. The van der Waals surface area contributed by atoms with Crippen LogP contribution in [0.4, 0.5) is 4.39 Å². The molecular formula is C9H5FN2O2. The van der Waals surface area contributed by atoms with Gasteiger partial charge >= 0.3 is 5.97 Å². The topological polar surface area (TPSA) is 63.1 Å². The maximum atomic E-state index is 13.1. The molecule has 0 radical (unpaired) electrons. The molecule has 14 heavy (non-hydrogen) atoms. The Morgan fingerprint density at radius 2 is 2.21 bits per heavy atom. The van der Waals surface area contributed by atoms with E-state index in [1.807, 2.05) is 0 Å². The lowest BCUT2D eigenvalue weighted by Gasteiger charge is -1.98. The van der Waals surface area contributed by atoms with Crippen molar-refractivity contribution in [3.8, 4) is 0 Å². The molecule has 0 bridgehead atoms. The number of hydrogen-bond acceptors (Lipinski definition) is 3. The van der Waals surface area contributed by atoms with Crippen molar-refractivity contribution in [3.05, 3.63) is 35.9 Å². The number of carbonyl (C=O) groups is 1. The van der Waals surface area contributed by atoms with E-state index in [0.717, 1.165) is 6.20 Å². The summed E-state index contributed by atoms with van der Waals surface area (Å²) < 4.78 is 13.1. The van der Waals surface area contributed by atoms with Gasteiger partial charge in [-0.3, -0.25) is 0 Å². The number of carboxylic acids is 1. The molecule has 0 atom stereocenters. The molecule has 70 valence electrons. The number of aromatic carboxylic acids is 1. The van der Waals surface area contributed by atoms with Crippen molar-refractivity contribution in [2.75, 3.05) is 0 Å². The first kappa shape index (κ1) is 8.55. The van der Waals surface area contributed by atoms with E-state index in [4.69, 9.17) is 5.11 Å². The average Bonchev–Trinajstić information content (AvgIpc) is 2.17. The zero-order valence-corrected chi connectivity index (χ0v) is 6.94. The van der Waals surface area contributed by atoms with E-state index in [9.17, 15) is 9.18 Å². The van der Waals surface area contributed by atoms with Gasteiger partial charge in [0.15, 0.2) is 11.5 Å². The van der Waals surface area contributed by atoms with Crippen molar-refractivity contribution in [3.63, 3.8) is 0 Å². The number of fused-ring (bicyclic) bond motifs is 1. The number of benzene rings is 1. The summed E-state index contributed by atoms with van der Waals surface area (Å²) in [5.74, 6) is -1.68. The summed E-state index contributed by atoms with van der Waals surface area (Å²) in [5, 5.41) is 8.62. The molecule has 2 aromatic rings. The second-order valence-corrected chi connectivity index (χ2v) is 2.67. The third-order valence-electron chi connectivity index (χ3n) is 1.74. The van der Waals surface area contributed by atoms with Crippen LogP contribution in [0.1, 0.15) is 10.5 Å². The number of nitrogens with zero attached hydrogens (tertiary/aromatic N) is 2. The molecular weight excluding hydrogens is 187 g/mol. The summed E-state index contributed by atoms with van der Waals surface area (Å²) >= 11 is 0. The van der Waals surface area contributed by atoms with E-state index in [2.05, 4.69) is 9.97 Å². The Labute approximate surface area is 78.0 Å². The largest absolute Gasteiger partial charge is 0.476 e. The van der Waals surface area contributed by atoms with Gasteiger partial charge in [-0.2, -0.15) is 0 Å². The number of para-hydroxylation sites is 1. The van der Waals surface area contributed by atoms with Crippen LogP contribution in [0, 0.1) is 5.82 Å². The van der Waals surface area contributed by atoms with E-state index in [0.29, 0.717) is 0 Å². The highest BCUT2D eigenvalue weighted by molar-refractivity contribution is 5.87. The molecule has 0 aliphatic rings. The summed E-state index contributed by atoms with van der Waals surface area (Å²) in [4.78, 5) is 18.0. The van der Waals surface area contributed by atoms with Crippen LogP contribution < -0.4 is 0 Å². The monoisotopic (exact) mass is 192 g/mol. The lowest BCUT2D eigenvalue weighted by Crippen LogP contribution is -2.01. The first-order valence-corrected chi connectivity index (χ1v) is 3.83. The van der Waals surface area contributed by atoms with Crippen LogP contribution in [-0.4, -0.2) is 21.0 Å². The minimum Gasteiger partial charge on any atom is -0.476 e. The van der Waals surface area contributed by atoms with Crippen LogP contribution in [0.15, 0.2) is 24.4 Å². The summed E-state index contributed by atoms with van der Waals surface area (Å²) in [7, 11) is 0. The molecule has 0 spiro atoms. The molecule has 1 heterocycles. The minimum absolute atomic E-state index is 0.0810. The second-order valence-electron chi connectivity index (χ2n) is 2.67. The maximum Gasteiger partial charge on any atom is 0.356 e. The van der Waals surface area contributed by atoms with Gasteiger partial charge in [-0.1, -0.05) is 6.07 Å². The fourth-order valence-electron chi connectivity index (χ4n) is 1.11. The van der Waals surface area contributed by atoms with Gasteiger partial charge in [0, 0.05) is 0 Å². The molecule has 0 unspecified atom stereocenters. The highest BCUT2D eigenvalue weighted by atomic mass is 19.1. The lowest BCUT2D eigenvalue weighted by atomic mass is 10.3. The van der Waals surface area contributed by atoms with Gasteiger partial charge in [-0.25, -0.2) is 19.2 Å². The average molecular weight is 192 g/mol. The number of hydrogen-bond donors (Lipinski definition) is 1. The molecule has 1 aromatic heterocycles. The van der Waals surface area contributed by atoms with Crippen LogP contribution in [0.2, 0.25) is 0 Å². The molecule has 0 fully saturated rings. The molecule has 5 heteroatoms. The van der Waals surface area contributed by atoms with Crippen LogP contribution in [0.3, 0.4) is 0 Å². The summed E-state index contributed by atoms with van der Waals surface area (Å²) in [6.07, 6.45) is 1.04. The minimum atomic E-state index is -1.18. The first-order valence-electron chi connectivity index (χ1n) is 3.83. The summed E-state index contributed by atoms with van der Waals surface area (Å²) in [5.41, 5.74) is 0.130. The summed E-state index contributed by atoms with van der Waals surface area (Å²) in [6.45, 7) is 0. The van der Waals surface area contributed by atoms with E-state index >= 15 is 0 Å². The van der Waals surface area contributed by atoms with Crippen molar-refractivity contribution < 1.29 is 14.3 Å². The van der Waals surface area contributed by atoms with E-state index < -0.39 is 11.8 Å². The smallest absolute Gasteiger partial charge is 0.356 e. The SMILES string of the molecule is O=C(O)c1cnc2c(F)cccc2n1. The first-order chi connectivity index (χ1) is 6.68. The van der Waals surface area contributed by atoms with Gasteiger partial charge in [0.05, 0.1) is 11.7 Å². The lowest BCUT2D eigenvalue weighted by molar-refractivity contribution is 0.0690. The van der Waals surface area contributed by atoms with Gasteiger partial charge in [-0.15, -0.1) is 0 Å². The van der Waals surface area contributed by atoms with Crippen molar-refractivity contribution in [1.29, 1.82) is 0 Å². The van der Waals surface area contributed by atoms with E-state index in [-0.39, 0.29) is 16.7 Å². The van der Waals surface area contributed by atoms with Crippen molar-refractivity contribution in [2.45, 2.75) is 0 Å². The van der Waals surface area contributed by atoms with Crippen LogP contribution in [0.25, 0.3) is 11.0 Å². The highest BCUT2D eigenvalue weighted by Crippen LogP contribution is 2.12. The third kappa shape index (κ3) is 1.28. The van der Waals surface area contributed by atoms with E-state index in [1.165, 1.54) is 18.2 Å². The van der Waals surface area contributed by atoms with Gasteiger partial charge in [0.25, 0.3) is 0 Å². The third-order valence-corrected chi connectivity index (χ3v) is 1.74. The fourth-order valence-corrected chi connectivity index (χ4v) is 1.11. The van der Waals surface area contributed by atoms with Gasteiger partial charge in [0.1, 0.15) is 5.52 Å². The normalized spacial score (nSPS) is 10.4. The van der Waals surface area contributed by atoms with Gasteiger partial charge in [-0.05, 0) is 12.1 Å². The standard InChI is InChI=1S/C9H5FN2O2/c10-5-2-1-3-6-8(5)11-4-7(12-6)9(13)14/h1-4H,(H,13,14). The highest BCUT2D eigenvalue weighted by Gasteiger charge is 2.08. The van der Waals surface area contributed by atoms with Crippen LogP contribution >= 0.6 is 0 Å². The number of rotatable bonds is 1. The van der Waals surface area contributed by atoms with Gasteiger partial charge < -0.3 is 5.11 Å². The number of aromatic nitrogens is 2. The van der Waals surface area contributed by atoms with Crippen LogP contribution in [-0.2, 0) is 0 Å². The Kier molecular flexibility index (Phi) is 1.85. The molecule has 0 saturated heterocycles. The molecule has 2 rings (SSSR count). The molecule has 1 aromatic carbocycles. The molecule has 0 saturated carbocycles. The maximum absolute atomic E-state index is 13.1. The Morgan fingerprint density at radius 3 is 2.93 bits per heavy atom. The van der Waals surface area contributed by atoms with Crippen molar-refractivity contribution >= 4 is 17.0 Å². The quantitative estimate of drug-likeness (QED) is 0.743. The van der Waals surface area contributed by atoms with Crippen molar-refractivity contribution in [1.82, 2.24) is 9.97 Å². The Balaban J connectivity index is 2.73. The van der Waals surface area contributed by atoms with Crippen molar-refractivity contribution in [2.24, 2.45) is 0 Å². The number of carboxylic acid groups (broad SMARTS) is 1. The predicted octanol–water partition coefficient (Wildman–Crippen LogP) is 1.47. The molecule has 1 N–H and O–H groups in total. The van der Waals surface area contributed by atoms with Gasteiger partial charge in [0.2, 0.25) is 0 Å². The molecule has 0 amide bonds. The summed E-state index contributed by atoms with van der Waals surface area (Å²) in [6, 6.07) is 4.22. The zero-order chi connectivity index (χ0) is 10.1. The fraction of sp³-hybridized carbons (Fsp3) is 0. The molecule has 0 aliphatic heterocycles. The molecule has 0 aliphatic carbocycles. The zero-order valence-electron chi connectivity index (χ0n) is 6.94. The van der Waals surface area contributed by atoms with Crippen LogP contribution in [0.5, 0.6) is 0 Å². The van der Waals surface area contributed by atoms with E-state index in [1.54, 1.807) is 0 Å². The Morgan fingerprint density at radius 1 is 1.43 bits per heavy atom. The second kappa shape index (κ2) is 3.02. The Bertz CT molecular complexity index is 513. The predicted molar refractivity (Wildman–Crippen MR) is 46.5 cm³/mol. The number of halogens is 1.